The summed E-state index contributed by atoms with van der Waals surface area (Å²) in [4.78, 5) is 36.4. The molecule has 2 aromatic rings. The molecule has 2 rings (SSSR count). The summed E-state index contributed by atoms with van der Waals surface area (Å²) in [6, 6.07) is 8.39. The van der Waals surface area contributed by atoms with Crippen LogP contribution in [-0.2, 0) is 16.1 Å². The molecule has 1 aromatic carbocycles. The highest BCUT2D eigenvalue weighted by atomic mass is 35.5. The molecular weight excluding hydrogens is 358 g/mol. The molecule has 2 atom stereocenters. The lowest BCUT2D eigenvalue weighted by atomic mass is 10.2. The fourth-order valence-electron chi connectivity index (χ4n) is 2.13. The Labute approximate surface area is 156 Å². The van der Waals surface area contributed by atoms with E-state index < -0.39 is 23.9 Å². The number of carbonyl (C=O) groups excluding carboxylic acids is 3. The van der Waals surface area contributed by atoms with Crippen LogP contribution in [0.2, 0.25) is 5.02 Å². The molecule has 0 aliphatic heterocycles. The standard InChI is InChI=1S/C18H20ClN3O4/c1-11(16(23)20-10-13-6-5-9-26-13)21-17(24)12(2)22-18(25)14-7-3-4-8-15(14)19/h3-9,11-12H,10H2,1-2H3,(H,20,23)(H,21,24)(H,22,25). The van der Waals surface area contributed by atoms with E-state index in [9.17, 15) is 14.4 Å². The van der Waals surface area contributed by atoms with Crippen molar-refractivity contribution in [3.05, 3.63) is 59.0 Å². The van der Waals surface area contributed by atoms with Crippen molar-refractivity contribution in [3.63, 3.8) is 0 Å². The van der Waals surface area contributed by atoms with E-state index in [0.717, 1.165) is 0 Å². The Hall–Kier alpha value is -2.80. The van der Waals surface area contributed by atoms with Gasteiger partial charge in [0, 0.05) is 0 Å². The van der Waals surface area contributed by atoms with Gasteiger partial charge < -0.3 is 20.4 Å². The van der Waals surface area contributed by atoms with Gasteiger partial charge >= 0.3 is 0 Å². The lowest BCUT2D eigenvalue weighted by Crippen LogP contribution is -2.51. The smallest absolute Gasteiger partial charge is 0.253 e. The SMILES string of the molecule is CC(NC(=O)c1ccccc1Cl)C(=O)NC(C)C(=O)NCc1ccco1. The Morgan fingerprint density at radius 1 is 1.00 bits per heavy atom. The third kappa shape index (κ3) is 5.35. The molecule has 0 spiro atoms. The average Bonchev–Trinajstić information content (AvgIpc) is 3.13. The van der Waals surface area contributed by atoms with Gasteiger partial charge in [-0.3, -0.25) is 14.4 Å². The first-order valence-electron chi connectivity index (χ1n) is 8.04. The summed E-state index contributed by atoms with van der Waals surface area (Å²) < 4.78 is 5.12. The highest BCUT2D eigenvalue weighted by Gasteiger charge is 2.22. The Kier molecular flexibility index (Phi) is 6.80. The van der Waals surface area contributed by atoms with Crippen molar-refractivity contribution in [2.24, 2.45) is 0 Å². The second-order valence-corrected chi connectivity index (χ2v) is 6.11. The molecule has 0 aliphatic carbocycles. The van der Waals surface area contributed by atoms with Crippen molar-refractivity contribution < 1.29 is 18.8 Å². The largest absolute Gasteiger partial charge is 0.467 e. The molecule has 1 heterocycles. The molecule has 3 N–H and O–H groups in total. The van der Waals surface area contributed by atoms with Gasteiger partial charge in [0.2, 0.25) is 11.8 Å². The van der Waals surface area contributed by atoms with Crippen LogP contribution in [0.4, 0.5) is 0 Å². The summed E-state index contributed by atoms with van der Waals surface area (Å²) in [5.41, 5.74) is 0.276. The maximum Gasteiger partial charge on any atom is 0.253 e. The molecule has 3 amide bonds. The second kappa shape index (κ2) is 9.05. The van der Waals surface area contributed by atoms with Crippen LogP contribution in [0.1, 0.15) is 30.0 Å². The van der Waals surface area contributed by atoms with Crippen molar-refractivity contribution >= 4 is 29.3 Å². The molecule has 0 bridgehead atoms. The lowest BCUT2D eigenvalue weighted by molar-refractivity contribution is -0.129. The van der Waals surface area contributed by atoms with E-state index in [2.05, 4.69) is 16.0 Å². The van der Waals surface area contributed by atoms with E-state index in [4.69, 9.17) is 16.0 Å². The maximum atomic E-state index is 12.2. The normalized spacial score (nSPS) is 12.7. The zero-order valence-electron chi connectivity index (χ0n) is 14.4. The molecule has 0 radical (unpaired) electrons. The predicted octanol–water partition coefficient (Wildman–Crippen LogP) is 1.87. The van der Waals surface area contributed by atoms with Gasteiger partial charge in [-0.15, -0.1) is 0 Å². The van der Waals surface area contributed by atoms with Gasteiger partial charge in [-0.05, 0) is 38.1 Å². The molecule has 8 heteroatoms. The fourth-order valence-corrected chi connectivity index (χ4v) is 2.35. The van der Waals surface area contributed by atoms with Crippen LogP contribution in [0.15, 0.2) is 47.1 Å². The van der Waals surface area contributed by atoms with Crippen molar-refractivity contribution in [2.45, 2.75) is 32.5 Å². The number of nitrogens with one attached hydrogen (secondary N) is 3. The topological polar surface area (TPSA) is 100 Å². The summed E-state index contributed by atoms with van der Waals surface area (Å²) in [5, 5.41) is 8.05. The number of benzene rings is 1. The van der Waals surface area contributed by atoms with E-state index >= 15 is 0 Å². The zero-order valence-corrected chi connectivity index (χ0v) is 15.2. The quantitative estimate of drug-likeness (QED) is 0.685. The molecule has 7 nitrogen and oxygen atoms in total. The lowest BCUT2D eigenvalue weighted by Gasteiger charge is -2.18. The van der Waals surface area contributed by atoms with E-state index in [-0.39, 0.29) is 18.0 Å². The number of amides is 3. The van der Waals surface area contributed by atoms with Gasteiger partial charge in [0.15, 0.2) is 0 Å². The van der Waals surface area contributed by atoms with Crippen molar-refractivity contribution in [3.8, 4) is 0 Å². The third-order valence-corrected chi connectivity index (χ3v) is 3.96. The van der Waals surface area contributed by atoms with Crippen LogP contribution in [0.5, 0.6) is 0 Å². The summed E-state index contributed by atoms with van der Waals surface area (Å²) in [5.74, 6) is -0.698. The van der Waals surface area contributed by atoms with Crippen molar-refractivity contribution in [2.75, 3.05) is 0 Å². The second-order valence-electron chi connectivity index (χ2n) is 5.70. The monoisotopic (exact) mass is 377 g/mol. The molecule has 1 aromatic heterocycles. The summed E-state index contributed by atoms with van der Waals surface area (Å²) in [6.45, 7) is 3.31. The molecule has 26 heavy (non-hydrogen) atoms. The third-order valence-electron chi connectivity index (χ3n) is 3.63. The maximum absolute atomic E-state index is 12.2. The minimum atomic E-state index is -0.834. The first-order chi connectivity index (χ1) is 12.4. The van der Waals surface area contributed by atoms with E-state index in [1.165, 1.54) is 13.2 Å². The summed E-state index contributed by atoms with van der Waals surface area (Å²) in [7, 11) is 0. The number of rotatable bonds is 7. The van der Waals surface area contributed by atoms with Gasteiger partial charge in [0.1, 0.15) is 17.8 Å². The highest BCUT2D eigenvalue weighted by Crippen LogP contribution is 2.14. The van der Waals surface area contributed by atoms with Crippen molar-refractivity contribution in [1.82, 2.24) is 16.0 Å². The minimum absolute atomic E-state index is 0.227. The van der Waals surface area contributed by atoms with Gasteiger partial charge in [0.05, 0.1) is 23.4 Å². The van der Waals surface area contributed by atoms with Crippen LogP contribution in [0.3, 0.4) is 0 Å². The molecular formula is C18H20ClN3O4. The first-order valence-corrected chi connectivity index (χ1v) is 8.42. The average molecular weight is 378 g/mol. The van der Waals surface area contributed by atoms with Crippen LogP contribution in [0.25, 0.3) is 0 Å². The number of furan rings is 1. The number of hydrogen-bond acceptors (Lipinski definition) is 4. The number of hydrogen-bond donors (Lipinski definition) is 3. The Balaban J connectivity index is 1.82. The Morgan fingerprint density at radius 3 is 2.35 bits per heavy atom. The van der Waals surface area contributed by atoms with E-state index in [1.54, 1.807) is 43.3 Å². The Morgan fingerprint density at radius 2 is 1.69 bits per heavy atom. The Bertz CT molecular complexity index is 777. The molecule has 2 unspecified atom stereocenters. The molecule has 138 valence electrons. The minimum Gasteiger partial charge on any atom is -0.467 e. The van der Waals surface area contributed by atoms with Crippen LogP contribution in [0, 0.1) is 0 Å². The first kappa shape index (κ1) is 19.5. The number of carbonyl (C=O) groups is 3. The van der Waals surface area contributed by atoms with Gasteiger partial charge in [-0.1, -0.05) is 23.7 Å². The molecule has 0 fully saturated rings. The molecule has 0 saturated heterocycles. The summed E-state index contributed by atoms with van der Waals surface area (Å²) in [6.07, 6.45) is 1.51. The predicted molar refractivity (Wildman–Crippen MR) is 96.5 cm³/mol. The van der Waals surface area contributed by atoms with Crippen LogP contribution in [-0.4, -0.2) is 29.8 Å². The summed E-state index contributed by atoms with van der Waals surface area (Å²) >= 11 is 5.96. The number of halogens is 1. The van der Waals surface area contributed by atoms with Gasteiger partial charge in [0.25, 0.3) is 5.91 Å². The zero-order chi connectivity index (χ0) is 19.1. The van der Waals surface area contributed by atoms with Gasteiger partial charge in [-0.2, -0.15) is 0 Å². The van der Waals surface area contributed by atoms with E-state index in [0.29, 0.717) is 10.8 Å². The highest BCUT2D eigenvalue weighted by molar-refractivity contribution is 6.33. The van der Waals surface area contributed by atoms with E-state index in [1.807, 2.05) is 0 Å². The van der Waals surface area contributed by atoms with Gasteiger partial charge in [-0.25, -0.2) is 0 Å². The van der Waals surface area contributed by atoms with Crippen LogP contribution < -0.4 is 16.0 Å². The van der Waals surface area contributed by atoms with Crippen LogP contribution >= 0.6 is 11.6 Å². The molecule has 0 saturated carbocycles. The van der Waals surface area contributed by atoms with Crippen molar-refractivity contribution in [1.29, 1.82) is 0 Å². The molecule has 0 aliphatic rings. The fraction of sp³-hybridized carbons (Fsp3) is 0.278.